The Balaban J connectivity index is 3.30. The summed E-state index contributed by atoms with van der Waals surface area (Å²) in [6.07, 6.45) is 1.33. The van der Waals surface area contributed by atoms with Crippen molar-refractivity contribution in [3.63, 3.8) is 0 Å². The van der Waals surface area contributed by atoms with Gasteiger partial charge in [0.25, 0.3) is 0 Å². The Morgan fingerprint density at radius 2 is 1.89 bits per heavy atom. The molecule has 0 fully saturated rings. The highest BCUT2D eigenvalue weighted by Gasteiger charge is 2.29. The van der Waals surface area contributed by atoms with Crippen LogP contribution in [0.5, 0.6) is 0 Å². The molecule has 5 nitrogen and oxygen atoms in total. The van der Waals surface area contributed by atoms with Crippen molar-refractivity contribution >= 4 is 33.2 Å². The predicted octanol–water partition coefficient (Wildman–Crippen LogP) is 1.37. The van der Waals surface area contributed by atoms with Crippen molar-refractivity contribution in [3.05, 3.63) is 29.3 Å². The van der Waals surface area contributed by atoms with Crippen LogP contribution < -0.4 is 10.0 Å². The maximum absolute atomic E-state index is 11.8. The third-order valence-corrected chi connectivity index (χ3v) is 3.87. The lowest BCUT2D eigenvalue weighted by atomic mass is 10.2. The molecule has 0 spiro atoms. The maximum Gasteiger partial charge on any atom is 0.241 e. The van der Waals surface area contributed by atoms with Gasteiger partial charge in [-0.2, -0.15) is 0 Å². The highest BCUT2D eigenvalue weighted by Crippen LogP contribution is 2.23. The van der Waals surface area contributed by atoms with Crippen LogP contribution in [0.3, 0.4) is 0 Å². The Bertz CT molecular complexity index is 528. The summed E-state index contributed by atoms with van der Waals surface area (Å²) in [6, 6.07) is 5.29. The number of anilines is 1. The van der Waals surface area contributed by atoms with E-state index in [4.69, 9.17) is 17.3 Å². The molecule has 0 aliphatic heterocycles. The van der Waals surface area contributed by atoms with Crippen molar-refractivity contribution in [1.82, 2.24) is 0 Å². The SMILES string of the molecule is CCC(C(N)=O)N(c1ccc(Cl)cc1)S(C)(=O)=O. The van der Waals surface area contributed by atoms with Gasteiger partial charge in [-0.25, -0.2) is 8.42 Å². The summed E-state index contributed by atoms with van der Waals surface area (Å²) in [5.74, 6) is -0.683. The first kappa shape index (κ1) is 14.8. The third kappa shape index (κ3) is 3.36. The van der Waals surface area contributed by atoms with Crippen LogP contribution in [-0.2, 0) is 14.8 Å². The normalized spacial score (nSPS) is 13.1. The number of benzene rings is 1. The number of nitrogens with two attached hydrogens (primary N) is 1. The molecular formula is C11H15ClN2O3S. The Kier molecular flexibility index (Phi) is 4.59. The van der Waals surface area contributed by atoms with E-state index in [-0.39, 0.29) is 0 Å². The monoisotopic (exact) mass is 290 g/mol. The summed E-state index contributed by atoms with van der Waals surface area (Å²) in [7, 11) is -3.60. The number of carbonyl (C=O) groups is 1. The van der Waals surface area contributed by atoms with E-state index < -0.39 is 22.0 Å². The van der Waals surface area contributed by atoms with Gasteiger partial charge in [-0.05, 0) is 30.7 Å². The molecule has 0 aromatic heterocycles. The lowest BCUT2D eigenvalue weighted by Gasteiger charge is -2.28. The van der Waals surface area contributed by atoms with Gasteiger partial charge in [-0.15, -0.1) is 0 Å². The summed E-state index contributed by atoms with van der Waals surface area (Å²) in [4.78, 5) is 11.3. The van der Waals surface area contributed by atoms with E-state index >= 15 is 0 Å². The number of hydrogen-bond acceptors (Lipinski definition) is 3. The molecule has 1 atom stereocenters. The first-order chi connectivity index (χ1) is 8.27. The highest BCUT2D eigenvalue weighted by molar-refractivity contribution is 7.92. The summed E-state index contributed by atoms with van der Waals surface area (Å²) >= 11 is 5.75. The van der Waals surface area contributed by atoms with E-state index in [9.17, 15) is 13.2 Å². The minimum absolute atomic E-state index is 0.297. The van der Waals surface area contributed by atoms with Crippen LogP contribution in [0, 0.1) is 0 Å². The quantitative estimate of drug-likeness (QED) is 0.889. The standard InChI is InChI=1S/C11H15ClN2O3S/c1-3-10(11(13)15)14(18(2,16)17)9-6-4-8(12)5-7-9/h4-7,10H,3H2,1-2H3,(H2,13,15). The fraction of sp³-hybridized carbons (Fsp3) is 0.364. The highest BCUT2D eigenvalue weighted by atomic mass is 35.5. The Morgan fingerprint density at radius 1 is 1.39 bits per heavy atom. The minimum Gasteiger partial charge on any atom is -0.368 e. The second kappa shape index (κ2) is 5.58. The molecule has 0 saturated carbocycles. The molecule has 0 aliphatic carbocycles. The van der Waals surface area contributed by atoms with Crippen molar-refractivity contribution < 1.29 is 13.2 Å². The molecule has 0 bridgehead atoms. The van der Waals surface area contributed by atoms with E-state index in [2.05, 4.69) is 0 Å². The third-order valence-electron chi connectivity index (χ3n) is 2.44. The van der Waals surface area contributed by atoms with E-state index in [0.717, 1.165) is 10.6 Å². The van der Waals surface area contributed by atoms with Gasteiger partial charge in [0.1, 0.15) is 6.04 Å². The average molecular weight is 291 g/mol. The van der Waals surface area contributed by atoms with Crippen molar-refractivity contribution in [2.45, 2.75) is 19.4 Å². The van der Waals surface area contributed by atoms with Crippen LogP contribution in [0.2, 0.25) is 5.02 Å². The van der Waals surface area contributed by atoms with E-state index in [1.165, 1.54) is 12.1 Å². The topological polar surface area (TPSA) is 80.5 Å². The van der Waals surface area contributed by atoms with Crippen molar-refractivity contribution in [1.29, 1.82) is 0 Å². The van der Waals surface area contributed by atoms with E-state index in [1.807, 2.05) is 0 Å². The van der Waals surface area contributed by atoms with Gasteiger partial charge in [0.05, 0.1) is 11.9 Å². The van der Waals surface area contributed by atoms with Crippen LogP contribution >= 0.6 is 11.6 Å². The fourth-order valence-electron chi connectivity index (χ4n) is 1.67. The molecule has 1 unspecified atom stereocenters. The first-order valence-electron chi connectivity index (χ1n) is 5.31. The van der Waals surface area contributed by atoms with Gasteiger partial charge in [-0.3, -0.25) is 9.10 Å². The fourth-order valence-corrected chi connectivity index (χ4v) is 3.02. The van der Waals surface area contributed by atoms with Gasteiger partial charge >= 0.3 is 0 Å². The number of nitrogens with zero attached hydrogens (tertiary/aromatic N) is 1. The van der Waals surface area contributed by atoms with Gasteiger partial charge in [0, 0.05) is 5.02 Å². The van der Waals surface area contributed by atoms with Gasteiger partial charge in [0.15, 0.2) is 0 Å². The molecule has 0 radical (unpaired) electrons. The van der Waals surface area contributed by atoms with Crippen molar-refractivity contribution in [2.75, 3.05) is 10.6 Å². The van der Waals surface area contributed by atoms with Crippen LogP contribution in [0.1, 0.15) is 13.3 Å². The summed E-state index contributed by atoms with van der Waals surface area (Å²) in [5, 5.41) is 0.485. The largest absolute Gasteiger partial charge is 0.368 e. The lowest BCUT2D eigenvalue weighted by Crippen LogP contribution is -2.47. The van der Waals surface area contributed by atoms with Crippen LogP contribution in [0.25, 0.3) is 0 Å². The van der Waals surface area contributed by atoms with Crippen LogP contribution in [0.4, 0.5) is 5.69 Å². The number of halogens is 1. The molecule has 18 heavy (non-hydrogen) atoms. The second-order valence-electron chi connectivity index (χ2n) is 3.86. The summed E-state index contributed by atoms with van der Waals surface area (Å²) < 4.78 is 24.6. The van der Waals surface area contributed by atoms with Gasteiger partial charge in [-0.1, -0.05) is 18.5 Å². The number of carbonyl (C=O) groups excluding carboxylic acids is 1. The van der Waals surface area contributed by atoms with Crippen molar-refractivity contribution in [2.24, 2.45) is 5.73 Å². The van der Waals surface area contributed by atoms with Crippen LogP contribution in [-0.4, -0.2) is 26.6 Å². The number of hydrogen-bond donors (Lipinski definition) is 1. The lowest BCUT2D eigenvalue weighted by molar-refractivity contribution is -0.119. The number of sulfonamides is 1. The second-order valence-corrected chi connectivity index (χ2v) is 6.16. The number of primary amides is 1. The number of rotatable bonds is 5. The van der Waals surface area contributed by atoms with Gasteiger partial charge < -0.3 is 5.73 Å². The molecule has 2 N–H and O–H groups in total. The molecule has 0 aliphatic rings. The molecule has 1 rings (SSSR count). The van der Waals surface area contributed by atoms with E-state index in [0.29, 0.717) is 17.1 Å². The zero-order chi connectivity index (χ0) is 13.9. The molecule has 100 valence electrons. The molecule has 7 heteroatoms. The molecule has 1 amide bonds. The molecule has 1 aromatic carbocycles. The molecule has 1 aromatic rings. The first-order valence-corrected chi connectivity index (χ1v) is 7.54. The Labute approximate surface area is 112 Å². The van der Waals surface area contributed by atoms with E-state index in [1.54, 1.807) is 19.1 Å². The Morgan fingerprint density at radius 3 is 2.22 bits per heavy atom. The minimum atomic E-state index is -3.60. The summed E-state index contributed by atoms with van der Waals surface area (Å²) in [6.45, 7) is 1.70. The number of amides is 1. The molecule has 0 heterocycles. The molecular weight excluding hydrogens is 276 g/mol. The zero-order valence-electron chi connectivity index (χ0n) is 10.1. The molecule has 0 saturated heterocycles. The Hall–Kier alpha value is -1.27. The van der Waals surface area contributed by atoms with Crippen molar-refractivity contribution in [3.8, 4) is 0 Å². The maximum atomic E-state index is 11.8. The smallest absolute Gasteiger partial charge is 0.241 e. The average Bonchev–Trinajstić information content (AvgIpc) is 2.25. The summed E-state index contributed by atoms with van der Waals surface area (Å²) in [5.41, 5.74) is 5.61. The zero-order valence-corrected chi connectivity index (χ0v) is 11.7. The van der Waals surface area contributed by atoms with Gasteiger partial charge in [0.2, 0.25) is 15.9 Å². The predicted molar refractivity (Wildman–Crippen MR) is 72.0 cm³/mol. The van der Waals surface area contributed by atoms with Crippen LogP contribution in [0.15, 0.2) is 24.3 Å².